The summed E-state index contributed by atoms with van der Waals surface area (Å²) >= 11 is 3.18. The van der Waals surface area contributed by atoms with Crippen LogP contribution in [0.5, 0.6) is 5.75 Å². The van der Waals surface area contributed by atoms with Gasteiger partial charge in [-0.05, 0) is 46.9 Å². The van der Waals surface area contributed by atoms with Crippen molar-refractivity contribution in [1.82, 2.24) is 0 Å². The number of carboxylic acid groups (broad SMARTS) is 1. The lowest BCUT2D eigenvalue weighted by atomic mass is 10.2. The van der Waals surface area contributed by atoms with E-state index < -0.39 is 11.9 Å². The zero-order valence-electron chi connectivity index (χ0n) is 9.76. The van der Waals surface area contributed by atoms with E-state index in [1.807, 2.05) is 12.1 Å². The van der Waals surface area contributed by atoms with Gasteiger partial charge in [-0.25, -0.2) is 0 Å². The van der Waals surface area contributed by atoms with Gasteiger partial charge in [0, 0.05) is 16.2 Å². The molecule has 1 rings (SSSR count). The molecule has 0 aliphatic heterocycles. The first-order chi connectivity index (χ1) is 8.49. The van der Waals surface area contributed by atoms with Crippen molar-refractivity contribution in [3.63, 3.8) is 0 Å². The van der Waals surface area contributed by atoms with Crippen LogP contribution in [0.2, 0.25) is 0 Å². The van der Waals surface area contributed by atoms with E-state index >= 15 is 0 Å². The lowest BCUT2D eigenvalue weighted by Gasteiger charge is -2.12. The van der Waals surface area contributed by atoms with Gasteiger partial charge in [-0.2, -0.15) is 0 Å². The highest BCUT2D eigenvalue weighted by molar-refractivity contribution is 14.1. The predicted molar refractivity (Wildman–Crippen MR) is 78.9 cm³/mol. The smallest absolute Gasteiger partial charge is 0.310 e. The van der Waals surface area contributed by atoms with Gasteiger partial charge in [-0.3, -0.25) is 9.59 Å². The van der Waals surface area contributed by atoms with Gasteiger partial charge in [-0.1, -0.05) is 11.8 Å². The standard InChI is InChI=1S/C12H13IO4S/c1-8(14)18-7-9(12(15)16)6-17-11-4-2-10(13)3-5-11/h2-5,9H,6-7H2,1H3,(H,15,16). The molecule has 0 spiro atoms. The van der Waals surface area contributed by atoms with Gasteiger partial charge >= 0.3 is 5.97 Å². The van der Waals surface area contributed by atoms with Crippen LogP contribution in [0, 0.1) is 9.49 Å². The Labute approximate surface area is 123 Å². The summed E-state index contributed by atoms with van der Waals surface area (Å²) in [6.07, 6.45) is 0. The Morgan fingerprint density at radius 2 is 2.00 bits per heavy atom. The van der Waals surface area contributed by atoms with Gasteiger partial charge in [-0.15, -0.1) is 0 Å². The van der Waals surface area contributed by atoms with Crippen molar-refractivity contribution in [2.75, 3.05) is 12.4 Å². The predicted octanol–water partition coefficient (Wildman–Crippen LogP) is 2.65. The monoisotopic (exact) mass is 380 g/mol. The molecule has 0 aromatic heterocycles. The Morgan fingerprint density at radius 1 is 1.39 bits per heavy atom. The molecule has 0 aliphatic rings. The number of thioether (sulfide) groups is 1. The van der Waals surface area contributed by atoms with Crippen LogP contribution in [-0.2, 0) is 9.59 Å². The molecule has 98 valence electrons. The van der Waals surface area contributed by atoms with Gasteiger partial charge < -0.3 is 9.84 Å². The van der Waals surface area contributed by atoms with Crippen LogP contribution in [0.4, 0.5) is 0 Å². The molecule has 0 saturated carbocycles. The van der Waals surface area contributed by atoms with Crippen molar-refractivity contribution < 1.29 is 19.4 Å². The summed E-state index contributed by atoms with van der Waals surface area (Å²) in [6, 6.07) is 7.35. The number of carbonyl (C=O) groups is 2. The highest BCUT2D eigenvalue weighted by Gasteiger charge is 2.19. The third-order valence-electron chi connectivity index (χ3n) is 2.10. The maximum atomic E-state index is 11.0. The Morgan fingerprint density at radius 3 is 2.50 bits per heavy atom. The van der Waals surface area contributed by atoms with Crippen molar-refractivity contribution in [2.24, 2.45) is 5.92 Å². The molecule has 4 nitrogen and oxygen atoms in total. The number of carboxylic acids is 1. The summed E-state index contributed by atoms with van der Waals surface area (Å²) in [6.45, 7) is 1.49. The second kappa shape index (κ2) is 7.63. The third-order valence-corrected chi connectivity index (χ3v) is 3.80. The fourth-order valence-corrected chi connectivity index (χ4v) is 2.17. The van der Waals surface area contributed by atoms with Crippen LogP contribution in [0.15, 0.2) is 24.3 Å². The van der Waals surface area contributed by atoms with E-state index in [-0.39, 0.29) is 17.5 Å². The first-order valence-electron chi connectivity index (χ1n) is 5.23. The number of benzene rings is 1. The number of carbonyl (C=O) groups excluding carboxylic acids is 1. The van der Waals surface area contributed by atoms with Gasteiger partial charge in [0.2, 0.25) is 0 Å². The van der Waals surface area contributed by atoms with Crippen molar-refractivity contribution >= 4 is 45.4 Å². The fourth-order valence-electron chi connectivity index (χ4n) is 1.14. The molecule has 1 N–H and O–H groups in total. The average molecular weight is 380 g/mol. The number of ether oxygens (including phenoxy) is 1. The van der Waals surface area contributed by atoms with Gasteiger partial charge in [0.25, 0.3) is 0 Å². The lowest BCUT2D eigenvalue weighted by molar-refractivity contribution is -0.141. The van der Waals surface area contributed by atoms with E-state index in [1.54, 1.807) is 12.1 Å². The maximum Gasteiger partial charge on any atom is 0.310 e. The molecule has 1 unspecified atom stereocenters. The first-order valence-corrected chi connectivity index (χ1v) is 7.30. The number of hydrogen-bond donors (Lipinski definition) is 1. The highest BCUT2D eigenvalue weighted by Crippen LogP contribution is 2.16. The quantitative estimate of drug-likeness (QED) is 0.769. The van der Waals surface area contributed by atoms with E-state index in [9.17, 15) is 9.59 Å². The molecule has 0 heterocycles. The summed E-state index contributed by atoms with van der Waals surface area (Å²) in [7, 11) is 0. The molecule has 1 aromatic carbocycles. The van der Waals surface area contributed by atoms with Crippen molar-refractivity contribution in [1.29, 1.82) is 0 Å². The molecule has 1 aromatic rings. The minimum absolute atomic E-state index is 0.0657. The lowest BCUT2D eigenvalue weighted by Crippen LogP contribution is -2.24. The molecule has 0 radical (unpaired) electrons. The second-order valence-electron chi connectivity index (χ2n) is 3.60. The zero-order chi connectivity index (χ0) is 13.5. The van der Waals surface area contributed by atoms with Gasteiger partial charge in [0.15, 0.2) is 5.12 Å². The van der Waals surface area contributed by atoms with Crippen LogP contribution in [-0.4, -0.2) is 28.6 Å². The van der Waals surface area contributed by atoms with E-state index in [2.05, 4.69) is 22.6 Å². The van der Waals surface area contributed by atoms with Crippen LogP contribution < -0.4 is 4.74 Å². The molecule has 0 bridgehead atoms. The Kier molecular flexibility index (Phi) is 6.48. The average Bonchev–Trinajstić information content (AvgIpc) is 2.30. The molecule has 0 saturated heterocycles. The highest BCUT2D eigenvalue weighted by atomic mass is 127. The summed E-state index contributed by atoms with van der Waals surface area (Å²) in [5, 5.41) is 8.91. The number of aliphatic carboxylic acids is 1. The largest absolute Gasteiger partial charge is 0.493 e. The Bertz CT molecular complexity index is 419. The van der Waals surface area contributed by atoms with Crippen LogP contribution in [0.1, 0.15) is 6.92 Å². The van der Waals surface area contributed by atoms with Crippen molar-refractivity contribution in [2.45, 2.75) is 6.92 Å². The van der Waals surface area contributed by atoms with Crippen LogP contribution in [0.3, 0.4) is 0 Å². The van der Waals surface area contributed by atoms with E-state index in [4.69, 9.17) is 9.84 Å². The second-order valence-corrected chi connectivity index (χ2v) is 6.05. The Hall–Kier alpha value is -0.760. The Balaban J connectivity index is 2.49. The molecule has 18 heavy (non-hydrogen) atoms. The summed E-state index contributed by atoms with van der Waals surface area (Å²) in [5.74, 6) is -0.767. The number of halogens is 1. The van der Waals surface area contributed by atoms with Crippen LogP contribution in [0.25, 0.3) is 0 Å². The van der Waals surface area contributed by atoms with E-state index in [1.165, 1.54) is 6.92 Å². The molecule has 0 fully saturated rings. The van der Waals surface area contributed by atoms with Crippen molar-refractivity contribution in [3.05, 3.63) is 27.8 Å². The van der Waals surface area contributed by atoms with Crippen LogP contribution >= 0.6 is 34.4 Å². The minimum Gasteiger partial charge on any atom is -0.493 e. The third kappa shape index (κ3) is 5.72. The zero-order valence-corrected chi connectivity index (χ0v) is 12.7. The molecule has 1 atom stereocenters. The summed E-state index contributed by atoms with van der Waals surface area (Å²) in [5.41, 5.74) is 0. The fraction of sp³-hybridized carbons (Fsp3) is 0.333. The van der Waals surface area contributed by atoms with E-state index in [0.717, 1.165) is 15.3 Å². The molecule has 0 amide bonds. The molecule has 6 heteroatoms. The normalized spacial score (nSPS) is 11.9. The first kappa shape index (κ1) is 15.3. The van der Waals surface area contributed by atoms with Crippen molar-refractivity contribution in [3.8, 4) is 5.75 Å². The molecule has 0 aliphatic carbocycles. The molecular weight excluding hydrogens is 367 g/mol. The van der Waals surface area contributed by atoms with E-state index in [0.29, 0.717) is 5.75 Å². The molecular formula is C12H13IO4S. The number of rotatable bonds is 6. The maximum absolute atomic E-state index is 11.0. The number of hydrogen-bond acceptors (Lipinski definition) is 4. The topological polar surface area (TPSA) is 63.6 Å². The summed E-state index contributed by atoms with van der Waals surface area (Å²) < 4.78 is 6.49. The minimum atomic E-state index is -0.950. The van der Waals surface area contributed by atoms with Gasteiger partial charge in [0.05, 0.1) is 0 Å². The SMILES string of the molecule is CC(=O)SCC(COc1ccc(I)cc1)C(=O)O. The summed E-state index contributed by atoms with van der Waals surface area (Å²) in [4.78, 5) is 21.8. The van der Waals surface area contributed by atoms with Gasteiger partial charge in [0.1, 0.15) is 18.3 Å².